The van der Waals surface area contributed by atoms with Gasteiger partial charge in [0.1, 0.15) is 28.7 Å². The van der Waals surface area contributed by atoms with E-state index in [0.717, 1.165) is 42.7 Å². The van der Waals surface area contributed by atoms with E-state index in [4.69, 9.17) is 29.9 Å². The molecule has 220 valence electrons. The number of piperazine rings is 1. The van der Waals surface area contributed by atoms with E-state index in [9.17, 15) is 10.1 Å². The first kappa shape index (κ1) is 28.1. The van der Waals surface area contributed by atoms with Crippen LogP contribution in [0.25, 0.3) is 11.5 Å². The number of hydrogen-bond donors (Lipinski definition) is 1. The number of carbonyl (C=O) groups is 1. The lowest BCUT2D eigenvalue weighted by Crippen LogP contribution is -2.48. The van der Waals surface area contributed by atoms with Crippen LogP contribution in [0.4, 0.5) is 10.8 Å². The molecule has 0 radical (unpaired) electrons. The Kier molecular flexibility index (Phi) is 7.36. The molecule has 3 atom stereocenters. The van der Waals surface area contributed by atoms with Crippen LogP contribution in [0.3, 0.4) is 0 Å². The van der Waals surface area contributed by atoms with Crippen molar-refractivity contribution >= 4 is 28.1 Å². The number of rotatable bonds is 7. The van der Waals surface area contributed by atoms with Gasteiger partial charge in [0.15, 0.2) is 0 Å². The van der Waals surface area contributed by atoms with Crippen molar-refractivity contribution in [2.24, 2.45) is 0 Å². The lowest BCUT2D eigenvalue weighted by Gasteiger charge is -2.35. The molecule has 3 aliphatic rings. The molecule has 2 saturated heterocycles. The SMILES string of the molecule is C=CC(=O)N1CCN(c2cc(-c3noc([C@@]4(C)CCc5sc(N)c(C#N)c54)n3)nc(O[C@@H](C)[C@@H]3CCCN3C)n2)CC1. The van der Waals surface area contributed by atoms with Crippen molar-refractivity contribution in [1.29, 1.82) is 5.26 Å². The molecule has 1 aliphatic carbocycles. The fraction of sp³-hybridized carbons (Fsp3) is 0.517. The molecule has 2 N–H and O–H groups in total. The summed E-state index contributed by atoms with van der Waals surface area (Å²) >= 11 is 1.46. The third-order valence-corrected chi connectivity index (χ3v) is 9.92. The molecular weight excluding hydrogens is 554 g/mol. The normalized spacial score (nSPS) is 23.0. The van der Waals surface area contributed by atoms with Crippen LogP contribution in [-0.2, 0) is 16.6 Å². The zero-order chi connectivity index (χ0) is 29.6. The van der Waals surface area contributed by atoms with E-state index in [1.165, 1.54) is 17.4 Å². The largest absolute Gasteiger partial charge is 0.459 e. The minimum atomic E-state index is -0.620. The van der Waals surface area contributed by atoms with Crippen LogP contribution in [0.2, 0.25) is 0 Å². The molecule has 3 aromatic heterocycles. The number of likely N-dealkylation sites (tertiary alicyclic amines) is 1. The number of hydrogen-bond acceptors (Lipinski definition) is 12. The smallest absolute Gasteiger partial charge is 0.319 e. The van der Waals surface area contributed by atoms with E-state index >= 15 is 0 Å². The molecule has 2 fully saturated rings. The molecule has 0 bridgehead atoms. The fourth-order valence-electron chi connectivity index (χ4n) is 6.42. The first-order chi connectivity index (χ1) is 20.2. The number of aromatic nitrogens is 4. The van der Waals surface area contributed by atoms with E-state index in [-0.39, 0.29) is 24.1 Å². The average molecular weight is 590 g/mol. The van der Waals surface area contributed by atoms with E-state index in [1.807, 2.05) is 19.9 Å². The molecular formula is C29H35N9O3S. The quantitative estimate of drug-likeness (QED) is 0.405. The number of aryl methyl sites for hydroxylation is 1. The van der Waals surface area contributed by atoms with E-state index in [1.54, 1.807) is 4.90 Å². The van der Waals surface area contributed by atoms with Gasteiger partial charge < -0.3 is 24.8 Å². The molecule has 3 aromatic rings. The molecule has 0 unspecified atom stereocenters. The Bertz CT molecular complexity index is 1550. The van der Waals surface area contributed by atoms with Crippen LogP contribution in [0.1, 0.15) is 55.0 Å². The predicted octanol–water partition coefficient (Wildman–Crippen LogP) is 2.99. The van der Waals surface area contributed by atoms with Crippen molar-refractivity contribution < 1.29 is 14.1 Å². The number of anilines is 2. The summed E-state index contributed by atoms with van der Waals surface area (Å²) < 4.78 is 12.2. The van der Waals surface area contributed by atoms with Gasteiger partial charge in [0.25, 0.3) is 0 Å². The number of nitrogen functional groups attached to an aromatic ring is 1. The Hall–Kier alpha value is -4.02. The highest BCUT2D eigenvalue weighted by atomic mass is 32.1. The molecule has 13 heteroatoms. The van der Waals surface area contributed by atoms with Gasteiger partial charge in [-0.2, -0.15) is 20.2 Å². The summed E-state index contributed by atoms with van der Waals surface area (Å²) in [6.45, 7) is 11.0. The van der Waals surface area contributed by atoms with Gasteiger partial charge in [-0.3, -0.25) is 9.69 Å². The Labute approximate surface area is 248 Å². The van der Waals surface area contributed by atoms with Crippen LogP contribution in [0.15, 0.2) is 23.2 Å². The molecule has 0 saturated carbocycles. The second-order valence-electron chi connectivity index (χ2n) is 11.4. The van der Waals surface area contributed by atoms with Crippen LogP contribution in [-0.4, -0.2) is 87.7 Å². The monoisotopic (exact) mass is 589 g/mol. The van der Waals surface area contributed by atoms with Gasteiger partial charge in [0.2, 0.25) is 17.6 Å². The standard InChI is InChI=1S/C29H35N9O3S/c1-5-23(39)38-13-11-37(12-14-38)22-15-19(32-28(33-22)40-17(2)20-7-6-10-36(20)4)26-34-27(41-35-26)29(3)9-8-21-24(29)18(16-30)25(31)42-21/h5,15,17,20H,1,6-14,31H2,2-4H3/t17-,20-,29-/m0/s1. The number of likely N-dealkylation sites (N-methyl/N-ethyl adjacent to an activating group) is 1. The Balaban J connectivity index is 1.33. The van der Waals surface area contributed by atoms with E-state index in [2.05, 4.69) is 34.7 Å². The van der Waals surface area contributed by atoms with Crippen molar-refractivity contribution in [2.75, 3.05) is 50.4 Å². The molecule has 1 amide bonds. The fourth-order valence-corrected chi connectivity index (χ4v) is 7.57. The molecule has 42 heavy (non-hydrogen) atoms. The number of nitrogens with two attached hydrogens (primary N) is 1. The number of nitrogens with zero attached hydrogens (tertiary/aromatic N) is 8. The Morgan fingerprint density at radius 1 is 1.31 bits per heavy atom. The van der Waals surface area contributed by atoms with Crippen molar-refractivity contribution in [2.45, 2.75) is 57.1 Å². The van der Waals surface area contributed by atoms with E-state index in [0.29, 0.717) is 60.0 Å². The first-order valence-corrected chi connectivity index (χ1v) is 15.1. The first-order valence-electron chi connectivity index (χ1n) is 14.3. The molecule has 6 rings (SSSR count). The second-order valence-corrected chi connectivity index (χ2v) is 12.6. The van der Waals surface area contributed by atoms with Crippen LogP contribution in [0, 0.1) is 11.3 Å². The third kappa shape index (κ3) is 4.88. The molecule has 0 aromatic carbocycles. The Morgan fingerprint density at radius 2 is 2.10 bits per heavy atom. The average Bonchev–Trinajstić information content (AvgIpc) is 3.78. The third-order valence-electron chi connectivity index (χ3n) is 8.84. The van der Waals surface area contributed by atoms with Crippen LogP contribution < -0.4 is 15.4 Å². The summed E-state index contributed by atoms with van der Waals surface area (Å²) in [4.78, 5) is 33.7. The number of amides is 1. The molecule has 5 heterocycles. The van der Waals surface area contributed by atoms with Gasteiger partial charge in [-0.05, 0) is 59.2 Å². The highest BCUT2D eigenvalue weighted by Gasteiger charge is 2.45. The second kappa shape index (κ2) is 11.0. The maximum Gasteiger partial charge on any atom is 0.319 e. The summed E-state index contributed by atoms with van der Waals surface area (Å²) in [5, 5.41) is 14.6. The molecule has 2 aliphatic heterocycles. The molecule has 12 nitrogen and oxygen atoms in total. The highest BCUT2D eigenvalue weighted by molar-refractivity contribution is 7.16. The minimum absolute atomic E-state index is 0.0774. The zero-order valence-electron chi connectivity index (χ0n) is 24.2. The van der Waals surface area contributed by atoms with Gasteiger partial charge in [0, 0.05) is 48.7 Å². The lowest BCUT2D eigenvalue weighted by molar-refractivity contribution is -0.126. The van der Waals surface area contributed by atoms with Crippen molar-refractivity contribution in [3.05, 3.63) is 40.6 Å². The minimum Gasteiger partial charge on any atom is -0.459 e. The van der Waals surface area contributed by atoms with Gasteiger partial charge >= 0.3 is 6.01 Å². The summed E-state index contributed by atoms with van der Waals surface area (Å²) in [5.74, 6) is 1.34. The number of carbonyl (C=O) groups excluding carboxylic acids is 1. The lowest BCUT2D eigenvalue weighted by atomic mass is 9.83. The van der Waals surface area contributed by atoms with E-state index < -0.39 is 5.41 Å². The number of ether oxygens (including phenoxy) is 1. The van der Waals surface area contributed by atoms with Gasteiger partial charge in [-0.15, -0.1) is 11.3 Å². The van der Waals surface area contributed by atoms with Gasteiger partial charge in [0.05, 0.1) is 11.0 Å². The Morgan fingerprint density at radius 3 is 2.79 bits per heavy atom. The summed E-state index contributed by atoms with van der Waals surface area (Å²) in [6.07, 6.45) is 4.95. The number of nitriles is 1. The number of thiophene rings is 1. The van der Waals surface area contributed by atoms with Gasteiger partial charge in [-0.1, -0.05) is 11.7 Å². The van der Waals surface area contributed by atoms with Crippen LogP contribution in [0.5, 0.6) is 6.01 Å². The maximum absolute atomic E-state index is 12.1. The summed E-state index contributed by atoms with van der Waals surface area (Å²) in [7, 11) is 2.11. The topological polar surface area (TPSA) is 151 Å². The highest BCUT2D eigenvalue weighted by Crippen LogP contribution is 2.50. The summed E-state index contributed by atoms with van der Waals surface area (Å²) in [5.41, 5.74) is 7.39. The predicted molar refractivity (Wildman–Crippen MR) is 158 cm³/mol. The van der Waals surface area contributed by atoms with Crippen LogP contribution >= 0.6 is 11.3 Å². The van der Waals surface area contributed by atoms with Gasteiger partial charge in [-0.25, -0.2) is 0 Å². The van der Waals surface area contributed by atoms with Crippen molar-refractivity contribution in [1.82, 2.24) is 29.9 Å². The maximum atomic E-state index is 12.1. The zero-order valence-corrected chi connectivity index (χ0v) is 25.0. The summed E-state index contributed by atoms with van der Waals surface area (Å²) in [6, 6.07) is 4.63. The van der Waals surface area contributed by atoms with Crippen molar-refractivity contribution in [3.8, 4) is 23.6 Å². The van der Waals surface area contributed by atoms with Crippen molar-refractivity contribution in [3.63, 3.8) is 0 Å². The number of fused-ring (bicyclic) bond motifs is 1. The molecule has 0 spiro atoms.